The second kappa shape index (κ2) is 9.46. The maximum Gasteiger partial charge on any atom is 0.330 e. The van der Waals surface area contributed by atoms with Gasteiger partial charge in [0.05, 0.1) is 26.5 Å². The summed E-state index contributed by atoms with van der Waals surface area (Å²) in [5.41, 5.74) is 7.70. The number of aromatic nitrogens is 2. The van der Waals surface area contributed by atoms with Crippen LogP contribution in [0, 0.1) is 5.92 Å². The molecule has 0 bridgehead atoms. The second-order valence-corrected chi connectivity index (χ2v) is 9.71. The third-order valence-corrected chi connectivity index (χ3v) is 7.28. The fraction of sp³-hybridized carbons (Fsp3) is 0.542. The Kier molecular flexibility index (Phi) is 6.40. The molecule has 1 aromatic carbocycles. The summed E-state index contributed by atoms with van der Waals surface area (Å²) in [5.74, 6) is 2.65. The number of rotatable bonds is 7. The van der Waals surface area contributed by atoms with Crippen molar-refractivity contribution in [1.82, 2.24) is 9.97 Å². The highest BCUT2D eigenvalue weighted by molar-refractivity contribution is 6.35. The number of nitrogens with zero attached hydrogens (tertiary/aromatic N) is 4. The van der Waals surface area contributed by atoms with Gasteiger partial charge in [-0.25, -0.2) is 9.78 Å². The van der Waals surface area contributed by atoms with Crippen LogP contribution in [0.1, 0.15) is 44.1 Å². The summed E-state index contributed by atoms with van der Waals surface area (Å²) in [7, 11) is 3.11. The van der Waals surface area contributed by atoms with Crippen LogP contribution in [0.5, 0.6) is 11.5 Å². The summed E-state index contributed by atoms with van der Waals surface area (Å²) >= 11 is 6.63. The first-order valence-electron chi connectivity index (χ1n) is 11.9. The van der Waals surface area contributed by atoms with E-state index in [0.29, 0.717) is 53.0 Å². The summed E-state index contributed by atoms with van der Waals surface area (Å²) in [6.45, 7) is 0.912. The molecule has 34 heavy (non-hydrogen) atoms. The molecular weight excluding hydrogens is 456 g/mol. The van der Waals surface area contributed by atoms with E-state index in [1.807, 2.05) is 0 Å². The van der Waals surface area contributed by atoms with E-state index in [0.717, 1.165) is 44.1 Å². The van der Waals surface area contributed by atoms with Crippen LogP contribution in [-0.2, 0) is 6.54 Å². The Morgan fingerprint density at radius 3 is 2.68 bits per heavy atom. The standard InChI is InChI=1S/C24H31ClN6O3/c1-33-16-9-19(21(25)20(10-16)34-2)30-13-15-11-27-23(28-18-6-4-3-5-17(18)26)29-22(15)31(24(30)32)12-14-7-8-14/h9-11,14,17-18H,3-8,12-13,26H2,1-2H3,(H,27,28,29). The number of ether oxygens (including phenoxy) is 2. The number of nitrogens with two attached hydrogens (primary N) is 1. The summed E-state index contributed by atoms with van der Waals surface area (Å²) in [6.07, 6.45) is 8.30. The van der Waals surface area contributed by atoms with Crippen LogP contribution in [-0.4, -0.2) is 48.8 Å². The lowest BCUT2D eigenvalue weighted by Crippen LogP contribution is -2.49. The maximum atomic E-state index is 13.8. The predicted octanol–water partition coefficient (Wildman–Crippen LogP) is 4.19. The maximum absolute atomic E-state index is 13.8. The van der Waals surface area contributed by atoms with Crippen LogP contribution in [0.3, 0.4) is 0 Å². The number of urea groups is 1. The van der Waals surface area contributed by atoms with Crippen LogP contribution in [0.2, 0.25) is 5.02 Å². The molecule has 2 heterocycles. The number of methoxy groups -OCH3 is 2. The molecule has 1 aliphatic heterocycles. The summed E-state index contributed by atoms with van der Waals surface area (Å²) < 4.78 is 10.8. The minimum atomic E-state index is -0.171. The van der Waals surface area contributed by atoms with E-state index in [1.165, 1.54) is 7.11 Å². The first-order chi connectivity index (χ1) is 16.5. The van der Waals surface area contributed by atoms with Gasteiger partial charge in [-0.2, -0.15) is 4.98 Å². The Labute approximate surface area is 204 Å². The molecule has 5 rings (SSSR count). The number of hydrogen-bond acceptors (Lipinski definition) is 7. The number of fused-ring (bicyclic) bond motifs is 1. The molecular formula is C24H31ClN6O3. The van der Waals surface area contributed by atoms with Crippen LogP contribution in [0.25, 0.3) is 0 Å². The molecule has 2 fully saturated rings. The first-order valence-corrected chi connectivity index (χ1v) is 12.2. The monoisotopic (exact) mass is 486 g/mol. The molecule has 2 atom stereocenters. The average Bonchev–Trinajstić information content (AvgIpc) is 3.67. The van der Waals surface area contributed by atoms with Crippen molar-refractivity contribution in [3.05, 3.63) is 28.9 Å². The molecule has 2 amide bonds. The molecule has 0 spiro atoms. The summed E-state index contributed by atoms with van der Waals surface area (Å²) in [5, 5.41) is 3.77. The van der Waals surface area contributed by atoms with Crippen molar-refractivity contribution in [2.75, 3.05) is 35.9 Å². The largest absolute Gasteiger partial charge is 0.497 e. The molecule has 10 heteroatoms. The number of amides is 2. The van der Waals surface area contributed by atoms with Gasteiger partial charge in [0.1, 0.15) is 22.3 Å². The normalized spacial score (nSPS) is 22.4. The topological polar surface area (TPSA) is 106 Å². The van der Waals surface area contributed by atoms with E-state index in [9.17, 15) is 4.79 Å². The van der Waals surface area contributed by atoms with Gasteiger partial charge in [-0.15, -0.1) is 0 Å². The summed E-state index contributed by atoms with van der Waals surface area (Å²) in [4.78, 5) is 26.5. The number of anilines is 3. The number of carbonyl (C=O) groups excluding carboxylic acids is 1. The highest BCUT2D eigenvalue weighted by Gasteiger charge is 2.38. The van der Waals surface area contributed by atoms with E-state index in [4.69, 9.17) is 31.8 Å². The third-order valence-electron chi connectivity index (χ3n) is 6.90. The van der Waals surface area contributed by atoms with E-state index in [2.05, 4.69) is 10.3 Å². The van der Waals surface area contributed by atoms with Crippen molar-refractivity contribution in [2.45, 2.75) is 57.2 Å². The molecule has 2 aromatic rings. The molecule has 0 radical (unpaired) electrons. The second-order valence-electron chi connectivity index (χ2n) is 9.33. The Balaban J connectivity index is 1.49. The van der Waals surface area contributed by atoms with Gasteiger partial charge in [0.15, 0.2) is 0 Å². The van der Waals surface area contributed by atoms with E-state index in [1.54, 1.807) is 35.2 Å². The Morgan fingerprint density at radius 2 is 1.97 bits per heavy atom. The van der Waals surface area contributed by atoms with Crippen LogP contribution in [0.4, 0.5) is 22.2 Å². The van der Waals surface area contributed by atoms with Gasteiger partial charge in [-0.1, -0.05) is 24.4 Å². The molecule has 2 aliphatic carbocycles. The van der Waals surface area contributed by atoms with Gasteiger partial charge in [0.25, 0.3) is 0 Å². The van der Waals surface area contributed by atoms with Crippen molar-refractivity contribution >= 4 is 35.1 Å². The highest BCUT2D eigenvalue weighted by atomic mass is 35.5. The van der Waals surface area contributed by atoms with Gasteiger partial charge >= 0.3 is 6.03 Å². The van der Waals surface area contributed by atoms with Crippen LogP contribution >= 0.6 is 11.6 Å². The zero-order valence-corrected chi connectivity index (χ0v) is 20.3. The van der Waals surface area contributed by atoms with E-state index in [-0.39, 0.29) is 18.1 Å². The number of benzene rings is 1. The molecule has 2 unspecified atom stereocenters. The SMILES string of the molecule is COc1cc(OC)c(Cl)c(N2Cc3cnc(NC4CCCCC4N)nc3N(CC3CC3)C2=O)c1. The minimum absolute atomic E-state index is 0.0817. The molecule has 3 aliphatic rings. The number of nitrogens with one attached hydrogen (secondary N) is 1. The van der Waals surface area contributed by atoms with E-state index >= 15 is 0 Å². The number of hydrogen-bond donors (Lipinski definition) is 2. The van der Waals surface area contributed by atoms with Crippen molar-refractivity contribution in [3.8, 4) is 11.5 Å². The van der Waals surface area contributed by atoms with Gasteiger partial charge in [-0.05, 0) is 31.6 Å². The Morgan fingerprint density at radius 1 is 1.18 bits per heavy atom. The van der Waals surface area contributed by atoms with Gasteiger partial charge < -0.3 is 20.5 Å². The molecule has 2 saturated carbocycles. The van der Waals surface area contributed by atoms with E-state index < -0.39 is 0 Å². The Hall–Kier alpha value is -2.78. The molecule has 0 saturated heterocycles. The zero-order valence-electron chi connectivity index (χ0n) is 19.6. The van der Waals surface area contributed by atoms with Crippen LogP contribution < -0.4 is 30.3 Å². The smallest absolute Gasteiger partial charge is 0.330 e. The van der Waals surface area contributed by atoms with Crippen molar-refractivity contribution in [2.24, 2.45) is 11.7 Å². The van der Waals surface area contributed by atoms with Crippen molar-refractivity contribution in [1.29, 1.82) is 0 Å². The molecule has 9 nitrogen and oxygen atoms in total. The minimum Gasteiger partial charge on any atom is -0.497 e. The van der Waals surface area contributed by atoms with Crippen molar-refractivity contribution in [3.63, 3.8) is 0 Å². The average molecular weight is 487 g/mol. The Bertz CT molecular complexity index is 1080. The first kappa shape index (κ1) is 23.0. The predicted molar refractivity (Wildman–Crippen MR) is 132 cm³/mol. The lowest BCUT2D eigenvalue weighted by Gasteiger charge is -2.37. The van der Waals surface area contributed by atoms with Crippen LogP contribution in [0.15, 0.2) is 18.3 Å². The fourth-order valence-corrected chi connectivity index (χ4v) is 5.01. The number of halogens is 1. The molecule has 182 valence electrons. The third kappa shape index (κ3) is 4.46. The van der Waals surface area contributed by atoms with Gasteiger partial charge in [-0.3, -0.25) is 9.80 Å². The molecule has 3 N–H and O–H groups in total. The summed E-state index contributed by atoms with van der Waals surface area (Å²) in [6, 6.07) is 3.51. The highest BCUT2D eigenvalue weighted by Crippen LogP contribution is 2.42. The lowest BCUT2D eigenvalue weighted by molar-refractivity contribution is 0.249. The quantitative estimate of drug-likeness (QED) is 0.604. The fourth-order valence-electron chi connectivity index (χ4n) is 4.72. The zero-order chi connectivity index (χ0) is 23.8. The lowest BCUT2D eigenvalue weighted by atomic mass is 9.91. The van der Waals surface area contributed by atoms with Gasteiger partial charge in [0.2, 0.25) is 5.95 Å². The van der Waals surface area contributed by atoms with Gasteiger partial charge in [0, 0.05) is 42.5 Å². The number of carbonyl (C=O) groups is 1. The molecule has 1 aromatic heterocycles. The van der Waals surface area contributed by atoms with Crippen molar-refractivity contribution < 1.29 is 14.3 Å².